The molecule has 7 heteroatoms. The predicted molar refractivity (Wildman–Crippen MR) is 70.9 cm³/mol. The Morgan fingerprint density at radius 1 is 1.32 bits per heavy atom. The molecular formula is C12H10N4O2Se. The van der Waals surface area contributed by atoms with E-state index in [0.29, 0.717) is 11.4 Å². The Balaban J connectivity index is 1.84. The van der Waals surface area contributed by atoms with Crippen LogP contribution in [0.1, 0.15) is 16.3 Å². The Hall–Kier alpha value is -1.95. The molecule has 6 nitrogen and oxygen atoms in total. The number of carbonyl (C=O) groups is 1. The van der Waals surface area contributed by atoms with Gasteiger partial charge in [0.2, 0.25) is 0 Å². The molecule has 0 radical (unpaired) electrons. The standard InChI is InChI=1S/C12H10N4O2Se/c13-6-7-4-5-10(18-7)12(17)14-8-2-1-3-9-11(8)16-19-15-9/h1-5H,6,13H2,(H,14,17). The van der Waals surface area contributed by atoms with Gasteiger partial charge in [0.1, 0.15) is 0 Å². The van der Waals surface area contributed by atoms with Crippen molar-refractivity contribution in [2.75, 3.05) is 5.32 Å². The minimum atomic E-state index is -0.317. The van der Waals surface area contributed by atoms with Crippen molar-refractivity contribution >= 4 is 37.5 Å². The average molecular weight is 321 g/mol. The van der Waals surface area contributed by atoms with Crippen LogP contribution in [0, 0.1) is 0 Å². The molecule has 96 valence electrons. The number of hydrogen-bond donors (Lipinski definition) is 2. The van der Waals surface area contributed by atoms with E-state index < -0.39 is 0 Å². The molecule has 3 N–H and O–H groups in total. The SMILES string of the molecule is NCc1ccc(C(=O)Nc2cccc3c2N=[Se]=N3)o1. The van der Waals surface area contributed by atoms with Gasteiger partial charge in [-0.05, 0) is 0 Å². The second-order valence-corrected chi connectivity index (χ2v) is 4.97. The molecule has 1 amide bonds. The van der Waals surface area contributed by atoms with E-state index >= 15 is 0 Å². The van der Waals surface area contributed by atoms with Crippen molar-refractivity contribution in [3.05, 3.63) is 41.9 Å². The molecule has 1 aliphatic rings. The van der Waals surface area contributed by atoms with Crippen LogP contribution in [-0.4, -0.2) is 20.5 Å². The van der Waals surface area contributed by atoms with Crippen LogP contribution in [0.5, 0.6) is 0 Å². The van der Waals surface area contributed by atoms with Crippen molar-refractivity contribution in [2.24, 2.45) is 13.7 Å². The Bertz CT molecular complexity index is 716. The van der Waals surface area contributed by atoms with Crippen molar-refractivity contribution < 1.29 is 9.21 Å². The number of hydrogen-bond acceptors (Lipinski definition) is 5. The Morgan fingerprint density at radius 3 is 3.00 bits per heavy atom. The number of furan rings is 1. The molecule has 0 aliphatic carbocycles. The van der Waals surface area contributed by atoms with Crippen molar-refractivity contribution in [3.8, 4) is 0 Å². The van der Waals surface area contributed by atoms with E-state index in [4.69, 9.17) is 10.2 Å². The fraction of sp³-hybridized carbons (Fsp3) is 0.0833. The first-order valence-electron chi connectivity index (χ1n) is 5.59. The number of benzene rings is 1. The summed E-state index contributed by atoms with van der Waals surface area (Å²) in [6.07, 6.45) is 0. The van der Waals surface area contributed by atoms with Crippen LogP contribution < -0.4 is 11.1 Å². The minimum absolute atomic E-state index is 0.124. The molecule has 0 spiro atoms. The zero-order valence-corrected chi connectivity index (χ0v) is 11.5. The van der Waals surface area contributed by atoms with Crippen LogP contribution in [-0.2, 0) is 6.54 Å². The third kappa shape index (κ3) is 2.31. The van der Waals surface area contributed by atoms with Crippen molar-refractivity contribution in [1.29, 1.82) is 0 Å². The van der Waals surface area contributed by atoms with Gasteiger partial charge in [-0.15, -0.1) is 0 Å². The summed E-state index contributed by atoms with van der Waals surface area (Å²) in [7, 11) is 0. The van der Waals surface area contributed by atoms with Crippen LogP contribution in [0.25, 0.3) is 0 Å². The van der Waals surface area contributed by atoms with E-state index in [9.17, 15) is 4.79 Å². The molecule has 0 bridgehead atoms. The third-order valence-electron chi connectivity index (χ3n) is 2.62. The van der Waals surface area contributed by atoms with E-state index in [1.807, 2.05) is 12.1 Å². The fourth-order valence-electron chi connectivity index (χ4n) is 1.70. The first kappa shape index (κ1) is 12.1. The molecule has 2 heterocycles. The van der Waals surface area contributed by atoms with Gasteiger partial charge in [-0.25, -0.2) is 0 Å². The van der Waals surface area contributed by atoms with Crippen LogP contribution in [0.3, 0.4) is 0 Å². The van der Waals surface area contributed by atoms with Gasteiger partial charge in [-0.1, -0.05) is 0 Å². The van der Waals surface area contributed by atoms with Gasteiger partial charge in [0.05, 0.1) is 0 Å². The van der Waals surface area contributed by atoms with Crippen LogP contribution >= 0.6 is 0 Å². The normalized spacial score (nSPS) is 12.1. The van der Waals surface area contributed by atoms with E-state index in [2.05, 4.69) is 13.2 Å². The van der Waals surface area contributed by atoms with Crippen molar-refractivity contribution in [1.82, 2.24) is 0 Å². The second-order valence-electron chi connectivity index (χ2n) is 3.86. The van der Waals surface area contributed by atoms with Crippen LogP contribution in [0.4, 0.5) is 17.1 Å². The Labute approximate surface area is 114 Å². The predicted octanol–water partition coefficient (Wildman–Crippen LogP) is 2.34. The molecule has 1 aromatic heterocycles. The quantitative estimate of drug-likeness (QED) is 0.725. The summed E-state index contributed by atoms with van der Waals surface area (Å²) in [5, 5.41) is 2.78. The number of nitrogens with zero attached hydrogens (tertiary/aromatic N) is 2. The van der Waals surface area contributed by atoms with Gasteiger partial charge in [0.25, 0.3) is 0 Å². The molecule has 1 aromatic carbocycles. The van der Waals surface area contributed by atoms with E-state index in [1.54, 1.807) is 18.2 Å². The fourth-order valence-corrected chi connectivity index (χ4v) is 2.85. The van der Waals surface area contributed by atoms with Crippen molar-refractivity contribution in [3.63, 3.8) is 0 Å². The molecule has 0 fully saturated rings. The number of fused-ring (bicyclic) bond motifs is 1. The summed E-state index contributed by atoms with van der Waals surface area (Å²) in [6, 6.07) is 8.80. The van der Waals surface area contributed by atoms with Gasteiger partial charge < -0.3 is 0 Å². The van der Waals surface area contributed by atoms with Gasteiger partial charge in [0, 0.05) is 0 Å². The summed E-state index contributed by atoms with van der Waals surface area (Å²) < 4.78 is 13.9. The van der Waals surface area contributed by atoms with E-state index in [1.165, 1.54) is 0 Å². The number of nitrogens with one attached hydrogen (secondary N) is 1. The second kappa shape index (κ2) is 4.97. The summed E-state index contributed by atoms with van der Waals surface area (Å²) in [5.74, 6) is 0.493. The third-order valence-corrected chi connectivity index (χ3v) is 3.76. The summed E-state index contributed by atoms with van der Waals surface area (Å²) in [4.78, 5) is 12.0. The van der Waals surface area contributed by atoms with Gasteiger partial charge in [0.15, 0.2) is 0 Å². The first-order chi connectivity index (χ1) is 9.28. The van der Waals surface area contributed by atoms with E-state index in [0.717, 1.165) is 11.4 Å². The molecule has 2 aromatic rings. The average Bonchev–Trinajstić information content (AvgIpc) is 3.08. The zero-order chi connectivity index (χ0) is 13.2. The molecular weight excluding hydrogens is 311 g/mol. The Kier molecular flexibility index (Phi) is 3.16. The zero-order valence-electron chi connectivity index (χ0n) is 9.79. The summed E-state index contributed by atoms with van der Waals surface area (Å²) in [5.41, 5.74) is 7.65. The van der Waals surface area contributed by atoms with Crippen molar-refractivity contribution in [2.45, 2.75) is 6.54 Å². The summed E-state index contributed by atoms with van der Waals surface area (Å²) >= 11 is -0.124. The van der Waals surface area contributed by atoms with E-state index in [-0.39, 0.29) is 32.8 Å². The maximum atomic E-state index is 12.0. The summed E-state index contributed by atoms with van der Waals surface area (Å²) in [6.45, 7) is 0.269. The molecule has 0 saturated heterocycles. The molecule has 3 rings (SSSR count). The molecule has 19 heavy (non-hydrogen) atoms. The number of rotatable bonds is 3. The molecule has 1 aliphatic heterocycles. The maximum absolute atomic E-state index is 12.0. The Morgan fingerprint density at radius 2 is 2.21 bits per heavy atom. The number of carbonyl (C=O) groups excluding carboxylic acids is 1. The van der Waals surface area contributed by atoms with Gasteiger partial charge in [-0.3, -0.25) is 0 Å². The van der Waals surface area contributed by atoms with Crippen LogP contribution in [0.2, 0.25) is 0 Å². The first-order valence-corrected chi connectivity index (χ1v) is 7.12. The monoisotopic (exact) mass is 322 g/mol. The molecule has 0 unspecified atom stereocenters. The number of amides is 1. The molecule has 0 saturated carbocycles. The topological polar surface area (TPSA) is 93.0 Å². The molecule has 0 atom stereocenters. The van der Waals surface area contributed by atoms with Crippen LogP contribution in [0.15, 0.2) is 42.7 Å². The number of nitrogens with two attached hydrogens (primary N) is 1. The van der Waals surface area contributed by atoms with Gasteiger partial charge in [-0.2, -0.15) is 0 Å². The number of anilines is 1. The van der Waals surface area contributed by atoms with Gasteiger partial charge >= 0.3 is 114 Å².